The monoisotopic (exact) mass is 418 g/mol. The van der Waals surface area contributed by atoms with E-state index in [1.807, 2.05) is 0 Å². The second-order valence-corrected chi connectivity index (χ2v) is 5.09. The molecule has 3 N–H and O–H groups in total. The second kappa shape index (κ2) is 7.67. The number of carbonyl (C=O) groups excluding carboxylic acids is 1. The first kappa shape index (κ1) is 20.7. The van der Waals surface area contributed by atoms with Crippen molar-refractivity contribution in [2.24, 2.45) is 30.1 Å². The van der Waals surface area contributed by atoms with Crippen molar-refractivity contribution >= 4 is 23.1 Å². The predicted octanol–water partition coefficient (Wildman–Crippen LogP) is 1.50. The Morgan fingerprint density at radius 3 is 2.44 bits per heavy atom. The molecule has 25 heavy (non-hydrogen) atoms. The zero-order chi connectivity index (χ0) is 18.2. The molecule has 2 aromatic rings. The molecule has 0 aliphatic rings. The Labute approximate surface area is 168 Å². The summed E-state index contributed by atoms with van der Waals surface area (Å²) in [5.41, 5.74) is 5.03. The van der Waals surface area contributed by atoms with Crippen molar-refractivity contribution < 1.29 is 42.6 Å². The molecule has 0 fully saturated rings. The number of azo groups is 1. The van der Waals surface area contributed by atoms with Crippen LogP contribution >= 0.6 is 0 Å². The number of nitrogens with zero attached hydrogens (tertiary/aromatic N) is 6. The van der Waals surface area contributed by atoms with Crippen molar-refractivity contribution in [3.63, 3.8) is 0 Å². The third-order valence-corrected chi connectivity index (χ3v) is 3.54. The Morgan fingerprint density at radius 1 is 1.32 bits per heavy atom. The molecule has 0 saturated carbocycles. The van der Waals surface area contributed by atoms with Gasteiger partial charge in [-0.05, 0) is 13.8 Å². The van der Waals surface area contributed by atoms with Crippen molar-refractivity contribution in [1.82, 2.24) is 14.3 Å². The first-order valence-corrected chi connectivity index (χ1v) is 6.75. The van der Waals surface area contributed by atoms with Crippen LogP contribution in [0.2, 0.25) is 0 Å². The van der Waals surface area contributed by atoms with Crippen LogP contribution in [0.4, 0.5) is 17.2 Å². The van der Waals surface area contributed by atoms with Crippen molar-refractivity contribution in [2.45, 2.75) is 13.8 Å². The van der Waals surface area contributed by atoms with E-state index in [2.05, 4.69) is 20.2 Å². The number of pyridine rings is 1. The van der Waals surface area contributed by atoms with Crippen LogP contribution in [0, 0.1) is 20.4 Å². The summed E-state index contributed by atoms with van der Waals surface area (Å²) >= 11 is 0. The summed E-state index contributed by atoms with van der Waals surface area (Å²) in [5.74, 6) is -1.25. The van der Waals surface area contributed by atoms with E-state index in [4.69, 9.17) is 12.3 Å². The van der Waals surface area contributed by atoms with Gasteiger partial charge in [-0.25, -0.2) is 4.85 Å². The van der Waals surface area contributed by atoms with E-state index in [0.29, 0.717) is 5.69 Å². The van der Waals surface area contributed by atoms with Gasteiger partial charge >= 0.3 is 0 Å². The van der Waals surface area contributed by atoms with Crippen LogP contribution in [0.1, 0.15) is 21.6 Å². The molecule has 0 unspecified atom stereocenters. The fourth-order valence-electron chi connectivity index (χ4n) is 2.26. The molecular formula is C14H15N7O3Y. The molecule has 127 valence electrons. The molecule has 2 heterocycles. The van der Waals surface area contributed by atoms with Crippen molar-refractivity contribution in [3.8, 4) is 5.88 Å². The molecule has 0 aliphatic carbocycles. The van der Waals surface area contributed by atoms with E-state index in [1.165, 1.54) is 18.7 Å². The Hall–Kier alpha value is -2.38. The second-order valence-electron chi connectivity index (χ2n) is 5.09. The van der Waals surface area contributed by atoms with Crippen molar-refractivity contribution in [2.75, 3.05) is 0 Å². The maximum absolute atomic E-state index is 12.3. The van der Waals surface area contributed by atoms with Gasteiger partial charge in [0.2, 0.25) is 5.88 Å². The van der Waals surface area contributed by atoms with Gasteiger partial charge in [-0.2, -0.15) is 5.10 Å². The summed E-state index contributed by atoms with van der Waals surface area (Å²) < 4.78 is 2.22. The van der Waals surface area contributed by atoms with Gasteiger partial charge in [0, 0.05) is 52.4 Å². The molecule has 0 atom stereocenters. The molecule has 10 nitrogen and oxygen atoms in total. The maximum atomic E-state index is 12.3. The third-order valence-electron chi connectivity index (χ3n) is 3.54. The number of hydrogen-bond acceptors (Lipinski definition) is 6. The third kappa shape index (κ3) is 3.52. The minimum absolute atomic E-state index is 0. The fourth-order valence-corrected chi connectivity index (χ4v) is 2.26. The molecule has 1 amide bonds. The summed E-state index contributed by atoms with van der Waals surface area (Å²) in [6.45, 7) is 10.3. The number of hydrogen-bond donors (Lipinski definition) is 2. The van der Waals surface area contributed by atoms with Crippen LogP contribution in [0.3, 0.4) is 0 Å². The van der Waals surface area contributed by atoms with Crippen molar-refractivity contribution in [3.05, 3.63) is 38.6 Å². The number of carbonyl (C=O) groups is 1. The molecule has 11 heteroatoms. The number of aromatic hydroxyl groups is 1. The summed E-state index contributed by atoms with van der Waals surface area (Å²) in [5, 5.41) is 21.8. The standard InChI is InChI=1S/C14H15N7O3.Y/c1-6-8(11(15)22)13(23)20(4)14(24)9(6)17-18-12-10(16-3)7(2)19-21(12)5;/h23H,1-2,4-5H3,(H2,15,22);. The van der Waals surface area contributed by atoms with E-state index >= 15 is 0 Å². The van der Waals surface area contributed by atoms with Gasteiger partial charge in [-0.1, -0.05) is 0 Å². The smallest absolute Gasteiger partial charge is 0.281 e. The topological polar surface area (TPSA) is 132 Å². The van der Waals surface area contributed by atoms with Crippen LogP contribution in [0.25, 0.3) is 4.85 Å². The molecule has 0 aliphatic heterocycles. The largest absolute Gasteiger partial charge is 0.494 e. The molecular weight excluding hydrogens is 403 g/mol. The molecule has 0 saturated heterocycles. The number of aromatic nitrogens is 3. The first-order valence-electron chi connectivity index (χ1n) is 6.75. The van der Waals surface area contributed by atoms with Gasteiger partial charge in [0.1, 0.15) is 5.56 Å². The number of aryl methyl sites for hydroxylation is 2. The van der Waals surface area contributed by atoms with E-state index < -0.39 is 17.3 Å². The Balaban J connectivity index is 0.00000312. The molecule has 0 bridgehead atoms. The van der Waals surface area contributed by atoms with Crippen molar-refractivity contribution in [1.29, 1.82) is 0 Å². The first-order chi connectivity index (χ1) is 11.2. The molecule has 1 radical (unpaired) electrons. The van der Waals surface area contributed by atoms with Gasteiger partial charge in [0.25, 0.3) is 17.2 Å². The van der Waals surface area contributed by atoms with Gasteiger partial charge in [0.15, 0.2) is 11.5 Å². The summed E-state index contributed by atoms with van der Waals surface area (Å²) in [4.78, 5) is 27.1. The van der Waals surface area contributed by atoms with Crippen LogP contribution in [-0.4, -0.2) is 25.4 Å². The Bertz CT molecular complexity index is 982. The molecule has 2 rings (SSSR count). The quantitative estimate of drug-likeness (QED) is 0.578. The van der Waals surface area contributed by atoms with Gasteiger partial charge in [-0.15, -0.1) is 10.2 Å². The van der Waals surface area contributed by atoms with E-state index in [1.54, 1.807) is 14.0 Å². The molecule has 0 spiro atoms. The minimum Gasteiger partial charge on any atom is -0.494 e. The predicted molar refractivity (Wildman–Crippen MR) is 85.0 cm³/mol. The number of amides is 1. The normalized spacial score (nSPS) is 10.5. The summed E-state index contributed by atoms with van der Waals surface area (Å²) in [6, 6.07) is 0. The summed E-state index contributed by atoms with van der Waals surface area (Å²) in [6.07, 6.45) is 0. The number of primary amides is 1. The zero-order valence-electron chi connectivity index (χ0n) is 14.1. The van der Waals surface area contributed by atoms with Crippen LogP contribution < -0.4 is 11.3 Å². The van der Waals surface area contributed by atoms with Gasteiger partial charge in [-0.3, -0.25) is 18.8 Å². The van der Waals surface area contributed by atoms with Gasteiger partial charge in [0.05, 0.1) is 12.3 Å². The number of rotatable bonds is 3. The average molecular weight is 418 g/mol. The maximum Gasteiger partial charge on any atom is 0.281 e. The minimum atomic E-state index is -0.893. The summed E-state index contributed by atoms with van der Waals surface area (Å²) in [7, 11) is 2.87. The van der Waals surface area contributed by atoms with E-state index in [-0.39, 0.29) is 61.0 Å². The average Bonchev–Trinajstić information content (AvgIpc) is 2.78. The van der Waals surface area contributed by atoms with E-state index in [0.717, 1.165) is 4.57 Å². The van der Waals surface area contributed by atoms with Gasteiger partial charge < -0.3 is 10.8 Å². The fraction of sp³-hybridized carbons (Fsp3) is 0.286. The van der Waals surface area contributed by atoms with Crippen LogP contribution in [0.5, 0.6) is 5.88 Å². The molecule has 0 aromatic carbocycles. The SMILES string of the molecule is [C-]#[N+]c1c(C)nn(C)c1N=Nc1c(C)c(C(N)=O)c(O)n(C)c1=O.[Y]. The Kier molecular flexibility index (Phi) is 6.34. The molecule has 2 aromatic heterocycles. The van der Waals surface area contributed by atoms with Crippen LogP contribution in [0.15, 0.2) is 15.0 Å². The van der Waals surface area contributed by atoms with Crippen LogP contribution in [-0.2, 0) is 46.8 Å². The van der Waals surface area contributed by atoms with E-state index in [9.17, 15) is 14.7 Å². The zero-order valence-corrected chi connectivity index (χ0v) is 16.9. The number of nitrogens with two attached hydrogens (primary N) is 1. The Morgan fingerprint density at radius 2 is 1.92 bits per heavy atom.